The van der Waals surface area contributed by atoms with E-state index in [4.69, 9.17) is 9.15 Å². The molecule has 5 aliphatic heterocycles. The third-order valence-electron chi connectivity index (χ3n) is 24.3. The zero-order valence-electron chi connectivity index (χ0n) is 55.5. The Hall–Kier alpha value is -6.38. The number of ketones is 1. The molecule has 14 bridgehead atoms. The van der Waals surface area contributed by atoms with Crippen LogP contribution in [0.4, 0.5) is 0 Å². The van der Waals surface area contributed by atoms with Gasteiger partial charge in [-0.3, -0.25) is 4.79 Å². The van der Waals surface area contributed by atoms with Crippen LogP contribution in [0, 0.1) is 64.1 Å². The van der Waals surface area contributed by atoms with Gasteiger partial charge in [-0.1, -0.05) is 111 Å². The number of cyclic esters (lactones) is 1. The number of hydrogen-bond donors (Lipinski definition) is 10. The molecule has 2 saturated heterocycles. The first-order valence-electron chi connectivity index (χ1n) is 35.9. The Morgan fingerprint density at radius 1 is 0.840 bits per heavy atom. The van der Waals surface area contributed by atoms with Crippen molar-refractivity contribution in [1.29, 1.82) is 0 Å². The summed E-state index contributed by atoms with van der Waals surface area (Å²) < 4.78 is 13.6. The second-order valence-electron chi connectivity index (χ2n) is 30.3. The molecule has 6 heterocycles. The van der Waals surface area contributed by atoms with Gasteiger partial charge in [0.05, 0.1) is 28.4 Å². The number of hydrogen-bond acceptors (Lipinski definition) is 14. The molecule has 3 saturated carbocycles. The highest BCUT2D eigenvalue weighted by molar-refractivity contribution is 6.07. The average molecular weight is 1270 g/mol. The van der Waals surface area contributed by atoms with Crippen LogP contribution >= 0.6 is 0 Å². The third kappa shape index (κ3) is 12.4. The second kappa shape index (κ2) is 26.9. The van der Waals surface area contributed by atoms with Gasteiger partial charge in [-0.05, 0) is 245 Å². The van der Waals surface area contributed by atoms with Gasteiger partial charge in [-0.15, -0.1) is 0 Å². The van der Waals surface area contributed by atoms with E-state index >= 15 is 9.59 Å². The van der Waals surface area contributed by atoms with Crippen LogP contribution in [0.1, 0.15) is 190 Å². The summed E-state index contributed by atoms with van der Waals surface area (Å²) in [6, 6.07) is 31.2. The molecular weight excluding hydrogens is 1170 g/mol. The number of phenols is 1. The molecule has 5 aromatic rings. The lowest BCUT2D eigenvalue weighted by Gasteiger charge is -2.56. The van der Waals surface area contributed by atoms with Crippen LogP contribution in [0.3, 0.4) is 0 Å². The van der Waals surface area contributed by atoms with Crippen molar-refractivity contribution in [1.82, 2.24) is 26.6 Å². The van der Waals surface area contributed by atoms with Crippen molar-refractivity contribution in [2.24, 2.45) is 52.3 Å². The van der Waals surface area contributed by atoms with Gasteiger partial charge in [-0.2, -0.15) is 0 Å². The summed E-state index contributed by atoms with van der Waals surface area (Å²) >= 11 is 0. The number of carbonyl (C=O) groups is 2. The number of phenolic OH excluding ortho intramolecular Hbond substituents is 1. The fourth-order valence-electron chi connectivity index (χ4n) is 20.0. The van der Waals surface area contributed by atoms with Crippen LogP contribution in [0.25, 0.3) is 16.7 Å². The Morgan fingerprint density at radius 2 is 1.69 bits per heavy atom. The number of aliphatic hydroxyl groups excluding tert-OH is 1. The second-order valence-corrected chi connectivity index (χ2v) is 30.3. The van der Waals surface area contributed by atoms with Crippen LogP contribution < -0.4 is 26.6 Å². The normalized spacial score (nSPS) is 32.1. The fraction of sp³-hybridized carbons (Fsp3) is 0.550. The molecule has 13 unspecified atom stereocenters. The molecule has 1 aromatic heterocycles. The van der Waals surface area contributed by atoms with Gasteiger partial charge in [0.1, 0.15) is 11.5 Å². The molecule has 13 atom stereocenters. The summed E-state index contributed by atoms with van der Waals surface area (Å²) in [5.74, 6) is 5.88. The average Bonchev–Trinajstić information content (AvgIpc) is 1.38. The predicted molar refractivity (Wildman–Crippen MR) is 365 cm³/mol. The summed E-state index contributed by atoms with van der Waals surface area (Å²) in [4.78, 5) is 32.0. The minimum absolute atomic E-state index is 0.0208. The molecule has 0 radical (unpaired) electrons. The topological polar surface area (TPSA) is 218 Å². The number of allylic oxidation sites excluding steroid dienone is 3. The lowest BCUT2D eigenvalue weighted by molar-refractivity contribution is -0.132. The van der Waals surface area contributed by atoms with E-state index in [1.165, 1.54) is 11.1 Å². The first kappa shape index (κ1) is 64.9. The lowest BCUT2D eigenvalue weighted by Crippen LogP contribution is -2.50. The number of furan rings is 1. The Balaban J connectivity index is 0.961. The molecule has 0 amide bonds. The van der Waals surface area contributed by atoms with E-state index in [9.17, 15) is 25.5 Å². The molecule has 14 nitrogen and oxygen atoms in total. The van der Waals surface area contributed by atoms with Crippen LogP contribution in [-0.4, -0.2) is 94.5 Å². The molecule has 10 N–H and O–H groups in total. The lowest BCUT2D eigenvalue weighted by atomic mass is 9.44. The van der Waals surface area contributed by atoms with Gasteiger partial charge in [0.25, 0.3) is 5.95 Å². The summed E-state index contributed by atoms with van der Waals surface area (Å²) in [7, 11) is 2.01. The Kier molecular flexibility index (Phi) is 18.6. The number of esters is 1. The molecule has 5 fully saturated rings. The highest BCUT2D eigenvalue weighted by Crippen LogP contribution is 2.74. The number of β-amino-alcohol motifs (C(OH)–C–C–N with tert-alkyl or cyclic N) is 1. The van der Waals surface area contributed by atoms with Crippen LogP contribution in [0.15, 0.2) is 113 Å². The Morgan fingerprint density at radius 3 is 2.51 bits per heavy atom. The molecule has 1 spiro atoms. The van der Waals surface area contributed by atoms with Gasteiger partial charge >= 0.3 is 5.97 Å². The maximum atomic E-state index is 16.5. The van der Waals surface area contributed by atoms with E-state index < -0.39 is 33.9 Å². The number of benzene rings is 4. The van der Waals surface area contributed by atoms with Crippen molar-refractivity contribution in [3.8, 4) is 34.7 Å². The van der Waals surface area contributed by atoms with E-state index in [0.29, 0.717) is 101 Å². The predicted octanol–water partition coefficient (Wildman–Crippen LogP) is 12.0. The van der Waals surface area contributed by atoms with Crippen LogP contribution in [-0.2, 0) is 41.9 Å². The van der Waals surface area contributed by atoms with Gasteiger partial charge < -0.3 is 61.3 Å². The molecule has 6 aliphatic carbocycles. The molecule has 498 valence electrons. The molecule has 4 aromatic carbocycles. The number of rotatable bonds is 12. The fourth-order valence-corrected chi connectivity index (χ4v) is 20.0. The van der Waals surface area contributed by atoms with Gasteiger partial charge in [0.15, 0.2) is 11.5 Å². The number of Topliss-reactive ketones (excluding diaryl/α,β-unsaturated/α-hetero) is 1. The van der Waals surface area contributed by atoms with Crippen molar-refractivity contribution in [2.45, 2.75) is 185 Å². The van der Waals surface area contributed by atoms with E-state index in [2.05, 4.69) is 106 Å². The quantitative estimate of drug-likeness (QED) is 0.0319. The monoisotopic (exact) mass is 1270 g/mol. The largest absolute Gasteiger partial charge is 0.508 e. The van der Waals surface area contributed by atoms with E-state index in [1.54, 1.807) is 6.07 Å². The molecule has 16 rings (SSSR count). The molecule has 14 heteroatoms. The molecule has 11 aliphatic rings. The minimum Gasteiger partial charge on any atom is -0.508 e. The van der Waals surface area contributed by atoms with Gasteiger partial charge in [0.2, 0.25) is 0 Å². The summed E-state index contributed by atoms with van der Waals surface area (Å²) in [5.41, 5.74) is 7.34. The van der Waals surface area contributed by atoms with Crippen molar-refractivity contribution >= 4 is 17.3 Å². The summed E-state index contributed by atoms with van der Waals surface area (Å²) in [6.07, 6.45) is 15.9. The number of fused-ring (bicyclic) bond motifs is 5. The maximum absolute atomic E-state index is 16.5. The number of aromatic hydroxyl groups is 2. The maximum Gasteiger partial charge on any atom is 0.340 e. The number of piperidine rings is 1. The highest BCUT2D eigenvalue weighted by Gasteiger charge is 2.68. The zero-order chi connectivity index (χ0) is 64.9. The summed E-state index contributed by atoms with van der Waals surface area (Å²) in [6.45, 7) is 7.99. The standard InChI is InChI=1S/C80H99N5O9/c1-4-30-82-47-53-35-50-23-31-83-46-52-15-11-16-54(37-52)60-19-18-59(87)42-64(60)69-61-22-29-80(67(93-76(90)72(69)80)39-51(25-33-86)34-49-13-7-5-8-14-49)71-62(61)20-21-63-70(71)75(89)94-74(63)66(88)45-78(57-24-32-84-68(41-57)81-3)43-56-40-58(79(92)27-9-6-10-28-79)17-12-26-77(2,91)48-85-73(65(56)44-78)55(36-50)38-53/h5,7-8,11,13-16,18-19,35-39,42,51,56-58,61-62,65,68,71,73,81-87,89,91-92H,4,6,9-10,20-34,40-41,43-48H2,1-3H3. The smallest absolute Gasteiger partial charge is 0.340 e. The van der Waals surface area contributed by atoms with E-state index in [0.717, 1.165) is 115 Å². The van der Waals surface area contributed by atoms with E-state index in [1.807, 2.05) is 44.3 Å². The van der Waals surface area contributed by atoms with Gasteiger partial charge in [0, 0.05) is 68.1 Å². The first-order chi connectivity index (χ1) is 45.6. The SMILES string of the molecule is CCCNCc1cc2cc(c1)C1NCC(C)(O)CC#CC(C3(O)CCCCC3)CC3CC(C4CCNC(NC)C4)(CC(=O)c4oc(O)c5c4CCC4C6CCC7(C(=CC(CCO)Cc8ccccc8)OC(=O)C7=C6c6cc(O)ccc6-c6cccc(c6)CNCC2)C54)CC31. The number of nitrogens with one attached hydrogen (secondary N) is 5. The number of aliphatic hydroxyl groups is 3. The zero-order valence-corrected chi connectivity index (χ0v) is 55.5. The highest BCUT2D eigenvalue weighted by atomic mass is 16.5. The van der Waals surface area contributed by atoms with Crippen molar-refractivity contribution in [2.75, 3.05) is 39.8 Å². The Labute approximate surface area is 555 Å². The van der Waals surface area contributed by atoms with Crippen LogP contribution in [0.2, 0.25) is 0 Å². The first-order valence-corrected chi connectivity index (χ1v) is 35.9. The van der Waals surface area contributed by atoms with Crippen molar-refractivity contribution in [3.63, 3.8) is 0 Å². The number of carbonyl (C=O) groups excluding carboxylic acids is 2. The van der Waals surface area contributed by atoms with E-state index in [-0.39, 0.29) is 96.3 Å². The third-order valence-corrected chi connectivity index (χ3v) is 24.3. The molecular formula is C80H99N5O9. The van der Waals surface area contributed by atoms with Gasteiger partial charge in [-0.25, -0.2) is 4.79 Å². The summed E-state index contributed by atoms with van der Waals surface area (Å²) in [5, 5.41) is 79.5. The molecule has 94 heavy (non-hydrogen) atoms. The van der Waals surface area contributed by atoms with Crippen molar-refractivity contribution in [3.05, 3.63) is 159 Å². The Bertz CT molecular complexity index is 3760. The van der Waals surface area contributed by atoms with Crippen molar-refractivity contribution < 1.29 is 44.3 Å². The number of ether oxygens (including phenoxy) is 1. The van der Waals surface area contributed by atoms with Crippen LogP contribution in [0.5, 0.6) is 11.7 Å². The minimum atomic E-state index is -1.17.